The van der Waals surface area contributed by atoms with E-state index in [1.54, 1.807) is 37.5 Å². The predicted octanol–water partition coefficient (Wildman–Crippen LogP) is 6.43. The van der Waals surface area contributed by atoms with Crippen LogP contribution in [0.3, 0.4) is 0 Å². The Kier molecular flexibility index (Phi) is 9.06. The van der Waals surface area contributed by atoms with Crippen LogP contribution in [0.4, 0.5) is 0 Å². The Morgan fingerprint density at radius 1 is 1.10 bits per heavy atom. The number of Topliss-reactive ketones (excluding diaryl/α,β-unsaturated/α-hetero) is 1. The number of halogens is 2. The zero-order chi connectivity index (χ0) is 21.4. The first kappa shape index (κ1) is 23.8. The van der Waals surface area contributed by atoms with E-state index in [0.29, 0.717) is 28.7 Å². The Morgan fingerprint density at radius 3 is 2.41 bits per heavy atom. The second kappa shape index (κ2) is 11.1. The van der Waals surface area contributed by atoms with Gasteiger partial charge < -0.3 is 14.2 Å². The molecule has 0 spiro atoms. The highest BCUT2D eigenvalue weighted by Gasteiger charge is 2.44. The van der Waals surface area contributed by atoms with Crippen molar-refractivity contribution in [3.05, 3.63) is 46.5 Å². The van der Waals surface area contributed by atoms with Gasteiger partial charge in [-0.05, 0) is 43.2 Å². The Morgan fingerprint density at radius 2 is 1.76 bits per heavy atom. The molecule has 2 rings (SSSR count). The van der Waals surface area contributed by atoms with E-state index in [1.165, 1.54) is 26.4 Å². The predicted molar refractivity (Wildman–Crippen MR) is 118 cm³/mol. The van der Waals surface area contributed by atoms with E-state index in [-0.39, 0.29) is 5.78 Å². The second-order valence-corrected chi connectivity index (χ2v) is 8.22. The number of ketones is 1. The number of hydrogen-bond donors (Lipinski definition) is 0. The average Bonchev–Trinajstić information content (AvgIpc) is 2.70. The molecule has 2 unspecified atom stereocenters. The summed E-state index contributed by atoms with van der Waals surface area (Å²) < 4.78 is 16.7. The molecule has 0 amide bonds. The van der Waals surface area contributed by atoms with Crippen molar-refractivity contribution in [3.63, 3.8) is 0 Å². The minimum absolute atomic E-state index is 0.213. The third-order valence-electron chi connectivity index (χ3n) is 5.08. The molecular formula is C23H30Cl2O4. The van der Waals surface area contributed by atoms with Crippen LogP contribution in [0.1, 0.15) is 54.9 Å². The zero-order valence-corrected chi connectivity index (χ0v) is 19.1. The molecule has 29 heavy (non-hydrogen) atoms. The zero-order valence-electron chi connectivity index (χ0n) is 17.6. The fraction of sp³-hybridized carbons (Fsp3) is 0.522. The molecule has 1 aliphatic rings. The van der Waals surface area contributed by atoms with E-state index in [2.05, 4.69) is 6.92 Å². The number of ether oxygens (including phenoxy) is 3. The van der Waals surface area contributed by atoms with Crippen LogP contribution >= 0.6 is 23.2 Å². The van der Waals surface area contributed by atoms with Crippen LogP contribution in [0.25, 0.3) is 0 Å². The van der Waals surface area contributed by atoms with Crippen LogP contribution in [0.5, 0.6) is 11.5 Å². The third-order valence-corrected chi connectivity index (χ3v) is 5.88. The third kappa shape index (κ3) is 5.78. The smallest absolute Gasteiger partial charge is 0.176 e. The molecule has 0 saturated heterocycles. The fourth-order valence-electron chi connectivity index (χ4n) is 3.42. The fourth-order valence-corrected chi connectivity index (χ4v) is 4.18. The van der Waals surface area contributed by atoms with Gasteiger partial charge in [0.1, 0.15) is 5.92 Å². The van der Waals surface area contributed by atoms with E-state index in [9.17, 15) is 4.79 Å². The number of rotatable bonds is 11. The maximum Gasteiger partial charge on any atom is 0.176 e. The van der Waals surface area contributed by atoms with Gasteiger partial charge in [-0.15, -0.1) is 0 Å². The van der Waals surface area contributed by atoms with E-state index in [1.807, 2.05) is 6.92 Å². The molecule has 6 heteroatoms. The summed E-state index contributed by atoms with van der Waals surface area (Å²) in [6.45, 7) is 4.49. The van der Waals surface area contributed by atoms with Gasteiger partial charge in [0.2, 0.25) is 0 Å². The summed E-state index contributed by atoms with van der Waals surface area (Å²) in [7, 11) is 3.09. The van der Waals surface area contributed by atoms with Crippen molar-refractivity contribution in [1.29, 1.82) is 0 Å². The van der Waals surface area contributed by atoms with Gasteiger partial charge in [0, 0.05) is 17.2 Å². The quantitative estimate of drug-likeness (QED) is 0.226. The van der Waals surface area contributed by atoms with E-state index < -0.39 is 11.0 Å². The van der Waals surface area contributed by atoms with Crippen molar-refractivity contribution in [3.8, 4) is 11.5 Å². The van der Waals surface area contributed by atoms with Crippen molar-refractivity contribution >= 4 is 29.0 Å². The van der Waals surface area contributed by atoms with Crippen molar-refractivity contribution in [2.45, 2.75) is 51.0 Å². The Labute approximate surface area is 183 Å². The molecular weight excluding hydrogens is 411 g/mol. The van der Waals surface area contributed by atoms with Crippen LogP contribution in [-0.4, -0.2) is 31.7 Å². The van der Waals surface area contributed by atoms with Gasteiger partial charge in [-0.2, -0.15) is 0 Å². The number of benzene rings is 1. The summed E-state index contributed by atoms with van der Waals surface area (Å²) in [5.74, 6) is -0.00424. The highest BCUT2D eigenvalue weighted by Crippen LogP contribution is 2.42. The lowest BCUT2D eigenvalue weighted by Gasteiger charge is -2.34. The Balaban J connectivity index is 2.23. The number of hydrogen-bond acceptors (Lipinski definition) is 4. The van der Waals surface area contributed by atoms with Gasteiger partial charge in [-0.3, -0.25) is 4.79 Å². The Hall–Kier alpha value is -1.49. The monoisotopic (exact) mass is 440 g/mol. The maximum atomic E-state index is 13.5. The second-order valence-electron chi connectivity index (χ2n) is 7.19. The molecule has 4 nitrogen and oxygen atoms in total. The lowest BCUT2D eigenvalue weighted by Crippen LogP contribution is -2.40. The molecule has 160 valence electrons. The van der Waals surface area contributed by atoms with E-state index >= 15 is 0 Å². The van der Waals surface area contributed by atoms with Crippen molar-refractivity contribution < 1.29 is 19.0 Å². The number of alkyl halides is 1. The molecule has 0 saturated carbocycles. The SMILES string of the molecule is CCCCCCCOC1(Cl)C=CC=C(Cl)C1C(=O)c1cc(OC)c(OC)cc1C. The van der Waals surface area contributed by atoms with Crippen LogP contribution in [0.15, 0.2) is 35.4 Å². The summed E-state index contributed by atoms with van der Waals surface area (Å²) >= 11 is 13.2. The number of methoxy groups -OCH3 is 2. The van der Waals surface area contributed by atoms with Crippen LogP contribution in [-0.2, 0) is 4.74 Å². The summed E-state index contributed by atoms with van der Waals surface area (Å²) in [6.07, 6.45) is 10.6. The van der Waals surface area contributed by atoms with Gasteiger partial charge in [-0.1, -0.05) is 61.9 Å². The number of carbonyl (C=O) groups is 1. The van der Waals surface area contributed by atoms with E-state index in [0.717, 1.165) is 18.4 Å². The molecule has 0 radical (unpaired) electrons. The van der Waals surface area contributed by atoms with Gasteiger partial charge >= 0.3 is 0 Å². The molecule has 0 fully saturated rings. The molecule has 0 N–H and O–H groups in total. The van der Waals surface area contributed by atoms with Crippen molar-refractivity contribution in [2.24, 2.45) is 5.92 Å². The molecule has 0 bridgehead atoms. The van der Waals surface area contributed by atoms with Gasteiger partial charge in [-0.25, -0.2) is 0 Å². The van der Waals surface area contributed by atoms with Crippen LogP contribution < -0.4 is 9.47 Å². The lowest BCUT2D eigenvalue weighted by atomic mass is 9.86. The van der Waals surface area contributed by atoms with Crippen molar-refractivity contribution in [2.75, 3.05) is 20.8 Å². The van der Waals surface area contributed by atoms with Gasteiger partial charge in [0.05, 0.1) is 14.2 Å². The average molecular weight is 441 g/mol. The minimum Gasteiger partial charge on any atom is -0.493 e. The number of aryl methyl sites for hydroxylation is 1. The summed E-state index contributed by atoms with van der Waals surface area (Å²) in [5.41, 5.74) is 1.23. The van der Waals surface area contributed by atoms with E-state index in [4.69, 9.17) is 37.4 Å². The molecule has 1 aliphatic carbocycles. The lowest BCUT2D eigenvalue weighted by molar-refractivity contribution is 0.0213. The highest BCUT2D eigenvalue weighted by molar-refractivity contribution is 6.35. The molecule has 1 aromatic rings. The molecule has 0 aromatic heterocycles. The molecule has 1 aromatic carbocycles. The summed E-state index contributed by atoms with van der Waals surface area (Å²) in [5, 5.41) is -0.958. The Bertz CT molecular complexity index is 772. The topological polar surface area (TPSA) is 44.8 Å². The highest BCUT2D eigenvalue weighted by atomic mass is 35.5. The van der Waals surface area contributed by atoms with Crippen LogP contribution in [0.2, 0.25) is 0 Å². The summed E-state index contributed by atoms with van der Waals surface area (Å²) in [4.78, 5) is 13.5. The largest absolute Gasteiger partial charge is 0.493 e. The van der Waals surface area contributed by atoms with Crippen LogP contribution in [0, 0.1) is 12.8 Å². The molecule has 2 atom stereocenters. The minimum atomic E-state index is -1.31. The first-order valence-corrected chi connectivity index (χ1v) is 10.8. The summed E-state index contributed by atoms with van der Waals surface area (Å²) in [6, 6.07) is 3.44. The normalized spacial score (nSPS) is 21.0. The number of carbonyl (C=O) groups excluding carboxylic acids is 1. The maximum absolute atomic E-state index is 13.5. The first-order chi connectivity index (χ1) is 13.9. The standard InChI is InChI=1S/C23H30Cl2O4/c1-5-6-7-8-9-13-29-23(25)12-10-11-18(24)21(23)22(26)17-15-20(28-4)19(27-3)14-16(17)2/h10-12,14-15,21H,5-9,13H2,1-4H3. The van der Waals surface area contributed by atoms with Gasteiger partial charge in [0.15, 0.2) is 22.3 Å². The number of allylic oxidation sites excluding steroid dienone is 2. The number of unbranched alkanes of at least 4 members (excludes halogenated alkanes) is 4. The molecule has 0 heterocycles. The van der Waals surface area contributed by atoms with Gasteiger partial charge in [0.25, 0.3) is 0 Å². The molecule has 0 aliphatic heterocycles. The first-order valence-electron chi connectivity index (χ1n) is 10.0. The van der Waals surface area contributed by atoms with Crippen molar-refractivity contribution in [1.82, 2.24) is 0 Å².